The van der Waals surface area contributed by atoms with E-state index in [0.29, 0.717) is 18.1 Å². The third-order valence-corrected chi connectivity index (χ3v) is 4.74. The summed E-state index contributed by atoms with van der Waals surface area (Å²) in [6.07, 6.45) is 4.75. The van der Waals surface area contributed by atoms with E-state index >= 15 is 0 Å². The van der Waals surface area contributed by atoms with E-state index in [1.807, 2.05) is 0 Å². The molecule has 4 heteroatoms. The van der Waals surface area contributed by atoms with Crippen molar-refractivity contribution in [3.63, 3.8) is 0 Å². The molecule has 3 atom stereocenters. The molecule has 2 fully saturated rings. The average Bonchev–Trinajstić information content (AvgIpc) is 3.11. The van der Waals surface area contributed by atoms with Crippen LogP contribution in [0.15, 0.2) is 24.3 Å². The van der Waals surface area contributed by atoms with Crippen molar-refractivity contribution in [2.75, 3.05) is 11.9 Å². The molecule has 0 aliphatic heterocycles. The van der Waals surface area contributed by atoms with E-state index in [1.54, 1.807) is 31.2 Å². The molecule has 0 aromatic heterocycles. The van der Waals surface area contributed by atoms with Crippen molar-refractivity contribution < 1.29 is 14.3 Å². The zero-order valence-corrected chi connectivity index (χ0v) is 12.3. The Kier molecular flexibility index (Phi) is 3.95. The van der Waals surface area contributed by atoms with Crippen molar-refractivity contribution in [1.82, 2.24) is 0 Å². The van der Waals surface area contributed by atoms with Crippen LogP contribution in [0.4, 0.5) is 5.69 Å². The van der Waals surface area contributed by atoms with Gasteiger partial charge in [0.25, 0.3) is 0 Å². The van der Waals surface area contributed by atoms with Gasteiger partial charge >= 0.3 is 5.97 Å². The number of benzene rings is 1. The molecule has 1 aromatic carbocycles. The van der Waals surface area contributed by atoms with E-state index in [-0.39, 0.29) is 17.8 Å². The van der Waals surface area contributed by atoms with Crippen molar-refractivity contribution >= 4 is 17.6 Å². The predicted octanol–water partition coefficient (Wildman–Crippen LogP) is 3.24. The SMILES string of the molecule is CCOC(=O)c1ccc(NC(=O)[C@@H]2C[C@H]3CC[C@@H]2C3)cc1. The van der Waals surface area contributed by atoms with Gasteiger partial charge in [-0.1, -0.05) is 6.42 Å². The molecule has 2 bridgehead atoms. The fourth-order valence-corrected chi connectivity index (χ4v) is 3.70. The minimum absolute atomic E-state index is 0.131. The normalized spacial score (nSPS) is 26.6. The molecule has 0 spiro atoms. The molecule has 0 radical (unpaired) electrons. The number of carbonyl (C=O) groups is 2. The van der Waals surface area contributed by atoms with Gasteiger partial charge < -0.3 is 10.1 Å². The van der Waals surface area contributed by atoms with Crippen molar-refractivity contribution in [3.8, 4) is 0 Å². The summed E-state index contributed by atoms with van der Waals surface area (Å²) in [5.74, 6) is 1.31. The molecule has 1 N–H and O–H groups in total. The lowest BCUT2D eigenvalue weighted by atomic mass is 9.88. The van der Waals surface area contributed by atoms with E-state index in [1.165, 1.54) is 19.3 Å². The van der Waals surface area contributed by atoms with E-state index in [4.69, 9.17) is 4.74 Å². The van der Waals surface area contributed by atoms with Crippen LogP contribution in [0.2, 0.25) is 0 Å². The Morgan fingerprint density at radius 2 is 1.95 bits per heavy atom. The summed E-state index contributed by atoms with van der Waals surface area (Å²) in [5, 5.41) is 2.98. The van der Waals surface area contributed by atoms with Gasteiger partial charge in [-0.3, -0.25) is 4.79 Å². The number of nitrogens with one attached hydrogen (secondary N) is 1. The van der Waals surface area contributed by atoms with Gasteiger partial charge in [-0.05, 0) is 62.3 Å². The molecule has 21 heavy (non-hydrogen) atoms. The number of fused-ring (bicyclic) bond motifs is 2. The maximum atomic E-state index is 12.3. The van der Waals surface area contributed by atoms with Crippen LogP contribution in [-0.2, 0) is 9.53 Å². The summed E-state index contributed by atoms with van der Waals surface area (Å²) >= 11 is 0. The van der Waals surface area contributed by atoms with Crippen LogP contribution in [0.3, 0.4) is 0 Å². The maximum Gasteiger partial charge on any atom is 0.338 e. The average molecular weight is 287 g/mol. The van der Waals surface area contributed by atoms with E-state index in [2.05, 4.69) is 5.32 Å². The highest BCUT2D eigenvalue weighted by molar-refractivity contribution is 5.94. The van der Waals surface area contributed by atoms with Crippen LogP contribution < -0.4 is 5.32 Å². The summed E-state index contributed by atoms with van der Waals surface area (Å²) in [5.41, 5.74) is 1.26. The van der Waals surface area contributed by atoms with Gasteiger partial charge in [-0.15, -0.1) is 0 Å². The van der Waals surface area contributed by atoms with Crippen LogP contribution in [0, 0.1) is 17.8 Å². The second-order valence-electron chi connectivity index (χ2n) is 6.07. The van der Waals surface area contributed by atoms with Crippen molar-refractivity contribution in [1.29, 1.82) is 0 Å². The van der Waals surface area contributed by atoms with Crippen LogP contribution in [-0.4, -0.2) is 18.5 Å². The first-order valence-corrected chi connectivity index (χ1v) is 7.75. The molecule has 0 unspecified atom stereocenters. The minimum Gasteiger partial charge on any atom is -0.462 e. The van der Waals surface area contributed by atoms with Crippen molar-refractivity contribution in [2.24, 2.45) is 17.8 Å². The van der Waals surface area contributed by atoms with E-state index in [9.17, 15) is 9.59 Å². The zero-order chi connectivity index (χ0) is 14.8. The lowest BCUT2D eigenvalue weighted by Gasteiger charge is -2.20. The lowest BCUT2D eigenvalue weighted by Crippen LogP contribution is -2.27. The summed E-state index contributed by atoms with van der Waals surface area (Å²) in [4.78, 5) is 23.9. The molecule has 0 saturated heterocycles. The molecule has 1 aromatic rings. The Morgan fingerprint density at radius 1 is 1.19 bits per heavy atom. The Labute approximate surface area is 124 Å². The van der Waals surface area contributed by atoms with E-state index in [0.717, 1.165) is 18.0 Å². The van der Waals surface area contributed by atoms with Crippen LogP contribution in [0.1, 0.15) is 43.0 Å². The van der Waals surface area contributed by atoms with Gasteiger partial charge in [-0.2, -0.15) is 0 Å². The molecule has 1 amide bonds. The molecule has 2 saturated carbocycles. The Balaban J connectivity index is 1.60. The minimum atomic E-state index is -0.330. The summed E-state index contributed by atoms with van der Waals surface area (Å²) < 4.78 is 4.94. The number of rotatable bonds is 4. The van der Waals surface area contributed by atoms with Gasteiger partial charge in [0.2, 0.25) is 5.91 Å². The first-order valence-electron chi connectivity index (χ1n) is 7.75. The van der Waals surface area contributed by atoms with E-state index < -0.39 is 0 Å². The Hall–Kier alpha value is -1.84. The number of hydrogen-bond donors (Lipinski definition) is 1. The lowest BCUT2D eigenvalue weighted by molar-refractivity contribution is -0.121. The second kappa shape index (κ2) is 5.88. The first kappa shape index (κ1) is 14.1. The standard InChI is InChI=1S/C17H21NO3/c1-2-21-17(20)12-5-7-14(8-6-12)18-16(19)15-10-11-3-4-13(15)9-11/h5-8,11,13,15H,2-4,9-10H2,1H3,(H,18,19)/t11-,13+,15+/m0/s1. The van der Waals surface area contributed by atoms with Gasteiger partial charge in [0.05, 0.1) is 12.2 Å². The van der Waals surface area contributed by atoms with Crippen LogP contribution >= 0.6 is 0 Å². The maximum absolute atomic E-state index is 12.3. The van der Waals surface area contributed by atoms with Crippen molar-refractivity contribution in [3.05, 3.63) is 29.8 Å². The predicted molar refractivity (Wildman–Crippen MR) is 80.0 cm³/mol. The largest absolute Gasteiger partial charge is 0.462 e. The summed E-state index contributed by atoms with van der Waals surface area (Å²) in [7, 11) is 0. The monoisotopic (exact) mass is 287 g/mol. The highest BCUT2D eigenvalue weighted by Crippen LogP contribution is 2.48. The Morgan fingerprint density at radius 3 is 2.52 bits per heavy atom. The molecule has 4 nitrogen and oxygen atoms in total. The van der Waals surface area contributed by atoms with Gasteiger partial charge in [0.1, 0.15) is 0 Å². The quantitative estimate of drug-likeness (QED) is 0.865. The number of amides is 1. The highest BCUT2D eigenvalue weighted by Gasteiger charge is 2.42. The number of carbonyl (C=O) groups excluding carboxylic acids is 2. The Bertz CT molecular complexity index is 537. The zero-order valence-electron chi connectivity index (χ0n) is 12.3. The second-order valence-corrected chi connectivity index (χ2v) is 6.07. The number of hydrogen-bond acceptors (Lipinski definition) is 3. The molecule has 2 aliphatic carbocycles. The number of anilines is 1. The molecule has 3 rings (SSSR count). The summed E-state index contributed by atoms with van der Waals surface area (Å²) in [6, 6.07) is 6.90. The fourth-order valence-electron chi connectivity index (χ4n) is 3.70. The third kappa shape index (κ3) is 2.94. The fraction of sp³-hybridized carbons (Fsp3) is 0.529. The van der Waals surface area contributed by atoms with Gasteiger partial charge in [-0.25, -0.2) is 4.79 Å². The molecule has 2 aliphatic rings. The molecular weight excluding hydrogens is 266 g/mol. The number of ether oxygens (including phenoxy) is 1. The van der Waals surface area contributed by atoms with Crippen LogP contribution in [0.5, 0.6) is 0 Å². The summed E-state index contributed by atoms with van der Waals surface area (Å²) in [6.45, 7) is 2.14. The number of esters is 1. The highest BCUT2D eigenvalue weighted by atomic mass is 16.5. The van der Waals surface area contributed by atoms with Crippen molar-refractivity contribution in [2.45, 2.75) is 32.6 Å². The molecular formula is C17H21NO3. The first-order chi connectivity index (χ1) is 10.2. The van der Waals surface area contributed by atoms with Gasteiger partial charge in [0.15, 0.2) is 0 Å². The van der Waals surface area contributed by atoms with Gasteiger partial charge in [0, 0.05) is 11.6 Å². The molecule has 0 heterocycles. The third-order valence-electron chi connectivity index (χ3n) is 4.74. The molecule has 112 valence electrons. The topological polar surface area (TPSA) is 55.4 Å². The smallest absolute Gasteiger partial charge is 0.338 e. The van der Waals surface area contributed by atoms with Crippen LogP contribution in [0.25, 0.3) is 0 Å².